The molecule has 7 atom stereocenters. The largest absolute Gasteiger partial charge is 0.393 e. The van der Waals surface area contributed by atoms with E-state index in [1.165, 1.54) is 5.57 Å². The summed E-state index contributed by atoms with van der Waals surface area (Å²) in [5.41, 5.74) is -1.23. The van der Waals surface area contributed by atoms with E-state index in [4.69, 9.17) is 0 Å². The second kappa shape index (κ2) is 5.73. The average Bonchev–Trinajstić information content (AvgIpc) is 2.86. The number of hydrogen-bond acceptors (Lipinski definition) is 5. The van der Waals surface area contributed by atoms with Crippen LogP contribution >= 0.6 is 0 Å². The van der Waals surface area contributed by atoms with E-state index in [1.807, 2.05) is 6.92 Å². The topological polar surface area (TPSA) is 94.8 Å². The van der Waals surface area contributed by atoms with Crippen molar-refractivity contribution in [3.63, 3.8) is 0 Å². The summed E-state index contributed by atoms with van der Waals surface area (Å²) in [6, 6.07) is 0. The molecule has 3 saturated carbocycles. The average molecular weight is 362 g/mol. The molecular weight excluding hydrogens is 332 g/mol. The Morgan fingerprint density at radius 1 is 1.23 bits per heavy atom. The third kappa shape index (κ3) is 2.14. The number of rotatable bonds is 2. The zero-order chi connectivity index (χ0) is 18.9. The quantitative estimate of drug-likeness (QED) is 0.696. The lowest BCUT2D eigenvalue weighted by Gasteiger charge is -2.60. The fourth-order valence-electron chi connectivity index (χ4n) is 7.28. The Hall–Kier alpha value is -1.04. The summed E-state index contributed by atoms with van der Waals surface area (Å²) in [7, 11) is 0. The molecule has 0 aromatic rings. The summed E-state index contributed by atoms with van der Waals surface area (Å²) in [5, 5.41) is 31.7. The SMILES string of the molecule is C[C@]12CCC(=O)C=C1CC[C@@H]1C2[C@@H](O)C[C@@]2(C)C1CC[C@]2(O)C(=O)CO. The first-order valence-electron chi connectivity index (χ1n) is 9.96. The Labute approximate surface area is 154 Å². The van der Waals surface area contributed by atoms with Crippen molar-refractivity contribution in [3.8, 4) is 0 Å². The zero-order valence-electron chi connectivity index (χ0n) is 15.7. The molecule has 0 heterocycles. The molecule has 26 heavy (non-hydrogen) atoms. The van der Waals surface area contributed by atoms with Crippen LogP contribution < -0.4 is 0 Å². The number of aliphatic hydroxyl groups is 3. The highest BCUT2D eigenvalue weighted by Crippen LogP contribution is 2.67. The van der Waals surface area contributed by atoms with Crippen molar-refractivity contribution in [2.75, 3.05) is 6.61 Å². The molecule has 0 bridgehead atoms. The minimum Gasteiger partial charge on any atom is -0.393 e. The van der Waals surface area contributed by atoms with Crippen LogP contribution in [0, 0.1) is 28.6 Å². The molecule has 5 nitrogen and oxygen atoms in total. The van der Waals surface area contributed by atoms with Gasteiger partial charge in [-0.25, -0.2) is 0 Å². The molecule has 3 fully saturated rings. The van der Waals surface area contributed by atoms with E-state index < -0.39 is 29.5 Å². The van der Waals surface area contributed by atoms with Gasteiger partial charge < -0.3 is 15.3 Å². The van der Waals surface area contributed by atoms with Crippen molar-refractivity contribution in [3.05, 3.63) is 11.6 Å². The second-order valence-electron chi connectivity index (χ2n) is 9.56. The summed E-state index contributed by atoms with van der Waals surface area (Å²) in [4.78, 5) is 24.3. The third-order valence-electron chi connectivity index (χ3n) is 8.65. The molecule has 0 aliphatic heterocycles. The fourth-order valence-corrected chi connectivity index (χ4v) is 7.28. The van der Waals surface area contributed by atoms with Gasteiger partial charge in [-0.05, 0) is 67.8 Å². The predicted molar refractivity (Wildman–Crippen MR) is 95.1 cm³/mol. The third-order valence-corrected chi connectivity index (χ3v) is 8.65. The number of Topliss-reactive ketones (excluding diaryl/α,β-unsaturated/α-hetero) is 1. The Morgan fingerprint density at radius 3 is 2.65 bits per heavy atom. The van der Waals surface area contributed by atoms with Crippen LogP contribution in [-0.2, 0) is 9.59 Å². The molecule has 5 heteroatoms. The number of carbonyl (C=O) groups is 2. The van der Waals surface area contributed by atoms with E-state index in [0.717, 1.165) is 25.7 Å². The van der Waals surface area contributed by atoms with Crippen LogP contribution in [0.1, 0.15) is 58.8 Å². The zero-order valence-corrected chi connectivity index (χ0v) is 15.7. The lowest BCUT2D eigenvalue weighted by atomic mass is 9.45. The minimum atomic E-state index is -1.54. The van der Waals surface area contributed by atoms with Crippen molar-refractivity contribution in [2.45, 2.75) is 70.5 Å². The van der Waals surface area contributed by atoms with Crippen molar-refractivity contribution >= 4 is 11.6 Å². The standard InChI is InChI=1S/C21H30O5/c1-19-7-5-13(23)9-12(19)3-4-14-15-6-8-21(26,17(25)11-22)20(15,2)10-16(24)18(14)19/h9,14-16,18,22,24,26H,3-8,10-11H2,1-2H3/t14-,15?,16-,18?,19-,20-,21-/m0/s1. The van der Waals surface area contributed by atoms with Gasteiger partial charge in [0, 0.05) is 11.8 Å². The highest BCUT2D eigenvalue weighted by molar-refractivity contribution is 5.91. The summed E-state index contributed by atoms with van der Waals surface area (Å²) < 4.78 is 0. The minimum absolute atomic E-state index is 0.0697. The molecule has 0 aromatic heterocycles. The Morgan fingerprint density at radius 2 is 1.96 bits per heavy atom. The van der Waals surface area contributed by atoms with Crippen molar-refractivity contribution in [1.29, 1.82) is 0 Å². The van der Waals surface area contributed by atoms with Crippen LogP contribution in [0.3, 0.4) is 0 Å². The normalized spacial score (nSPS) is 50.5. The van der Waals surface area contributed by atoms with Gasteiger partial charge in [0.1, 0.15) is 12.2 Å². The summed E-state index contributed by atoms with van der Waals surface area (Å²) in [6.45, 7) is 3.46. The second-order valence-corrected chi connectivity index (χ2v) is 9.56. The van der Waals surface area contributed by atoms with Crippen LogP contribution in [0.15, 0.2) is 11.6 Å². The number of fused-ring (bicyclic) bond motifs is 5. The molecule has 0 amide bonds. The van der Waals surface area contributed by atoms with Crippen molar-refractivity contribution < 1.29 is 24.9 Å². The Kier molecular flexibility index (Phi) is 4.04. The number of carbonyl (C=O) groups excluding carboxylic acids is 2. The smallest absolute Gasteiger partial charge is 0.190 e. The van der Waals surface area contributed by atoms with Crippen LogP contribution in [-0.4, -0.2) is 45.2 Å². The highest BCUT2D eigenvalue weighted by atomic mass is 16.3. The van der Waals surface area contributed by atoms with Crippen molar-refractivity contribution in [1.82, 2.24) is 0 Å². The first-order chi connectivity index (χ1) is 12.2. The van der Waals surface area contributed by atoms with E-state index in [0.29, 0.717) is 19.3 Å². The van der Waals surface area contributed by atoms with E-state index in [9.17, 15) is 24.9 Å². The molecule has 0 radical (unpaired) electrons. The van der Waals surface area contributed by atoms with Gasteiger partial charge in [-0.1, -0.05) is 19.4 Å². The Balaban J connectivity index is 1.74. The van der Waals surface area contributed by atoms with Crippen LogP contribution in [0.4, 0.5) is 0 Å². The molecule has 4 rings (SSSR count). The maximum Gasteiger partial charge on any atom is 0.190 e. The molecular formula is C21H30O5. The van der Waals surface area contributed by atoms with Gasteiger partial charge in [0.15, 0.2) is 11.6 Å². The number of aliphatic hydroxyl groups excluding tert-OH is 2. The van der Waals surface area contributed by atoms with Crippen LogP contribution in [0.5, 0.6) is 0 Å². The lowest BCUT2D eigenvalue weighted by Crippen LogP contribution is -2.62. The lowest BCUT2D eigenvalue weighted by molar-refractivity contribution is -0.182. The van der Waals surface area contributed by atoms with Gasteiger partial charge in [0.05, 0.1) is 6.10 Å². The van der Waals surface area contributed by atoms with Gasteiger partial charge in [0.25, 0.3) is 0 Å². The molecule has 3 N–H and O–H groups in total. The van der Waals surface area contributed by atoms with Crippen molar-refractivity contribution in [2.24, 2.45) is 28.6 Å². The molecule has 144 valence electrons. The summed E-state index contributed by atoms with van der Waals surface area (Å²) in [5.74, 6) is 0.140. The van der Waals surface area contributed by atoms with E-state index >= 15 is 0 Å². The molecule has 4 aliphatic carbocycles. The fraction of sp³-hybridized carbons (Fsp3) is 0.810. The van der Waals surface area contributed by atoms with Gasteiger partial charge in [0.2, 0.25) is 0 Å². The molecule has 4 aliphatic rings. The first-order valence-corrected chi connectivity index (χ1v) is 9.96. The number of allylic oxidation sites excluding steroid dienone is 1. The van der Waals surface area contributed by atoms with Gasteiger partial charge in [-0.15, -0.1) is 0 Å². The van der Waals surface area contributed by atoms with Crippen LogP contribution in [0.2, 0.25) is 0 Å². The van der Waals surface area contributed by atoms with Gasteiger partial charge >= 0.3 is 0 Å². The first kappa shape index (κ1) is 18.3. The maximum atomic E-state index is 12.4. The Bertz CT molecular complexity index is 684. The van der Waals surface area contributed by atoms with Gasteiger partial charge in [-0.3, -0.25) is 9.59 Å². The number of hydrogen-bond donors (Lipinski definition) is 3. The van der Waals surface area contributed by atoms with Crippen LogP contribution in [0.25, 0.3) is 0 Å². The van der Waals surface area contributed by atoms with Gasteiger partial charge in [-0.2, -0.15) is 0 Å². The number of ketones is 2. The monoisotopic (exact) mass is 362 g/mol. The predicted octanol–water partition coefficient (Wildman–Crippen LogP) is 1.78. The maximum absolute atomic E-state index is 12.4. The summed E-state index contributed by atoms with van der Waals surface area (Å²) >= 11 is 0. The van der Waals surface area contributed by atoms with E-state index in [1.54, 1.807) is 6.08 Å². The molecule has 0 spiro atoms. The van der Waals surface area contributed by atoms with E-state index in [-0.39, 0.29) is 29.0 Å². The summed E-state index contributed by atoms with van der Waals surface area (Å²) in [6.07, 6.45) is 5.74. The molecule has 0 saturated heterocycles. The van der Waals surface area contributed by atoms with E-state index in [2.05, 4.69) is 6.92 Å². The molecule has 2 unspecified atom stereocenters. The molecule has 0 aromatic carbocycles. The highest BCUT2D eigenvalue weighted by Gasteiger charge is 2.68.